The molecule has 0 unspecified atom stereocenters. The Labute approximate surface area is 112 Å². The van der Waals surface area contributed by atoms with Crippen molar-refractivity contribution in [3.05, 3.63) is 30.2 Å². The molecular weight excluding hydrogens is 242 g/mol. The number of rotatable bonds is 6. The van der Waals surface area contributed by atoms with Crippen molar-refractivity contribution < 1.29 is 4.74 Å². The maximum absolute atomic E-state index is 5.59. The first kappa shape index (κ1) is 13.5. The topological polar surface area (TPSA) is 64.9 Å². The Morgan fingerprint density at radius 2 is 2.16 bits per heavy atom. The van der Waals surface area contributed by atoms with E-state index in [0.717, 1.165) is 18.8 Å². The van der Waals surface area contributed by atoms with Crippen LogP contribution in [-0.4, -0.2) is 26.5 Å². The van der Waals surface area contributed by atoms with Crippen molar-refractivity contribution in [1.29, 1.82) is 0 Å². The number of aromatic nitrogens is 4. The van der Waals surface area contributed by atoms with Crippen molar-refractivity contribution in [2.24, 2.45) is 0 Å². The van der Waals surface area contributed by atoms with Crippen molar-refractivity contribution in [3.8, 4) is 11.6 Å². The first-order chi connectivity index (χ1) is 9.19. The molecular formula is C13H19N5O. The summed E-state index contributed by atoms with van der Waals surface area (Å²) in [6.45, 7) is 7.80. The minimum Gasteiger partial charge on any atom is -0.434 e. The van der Waals surface area contributed by atoms with Crippen LogP contribution >= 0.6 is 0 Å². The summed E-state index contributed by atoms with van der Waals surface area (Å²) in [5.74, 6) is 1.14. The summed E-state index contributed by atoms with van der Waals surface area (Å²) in [6, 6.07) is 4.02. The van der Waals surface area contributed by atoms with Gasteiger partial charge in [0.1, 0.15) is 0 Å². The third-order valence-electron chi connectivity index (χ3n) is 2.58. The van der Waals surface area contributed by atoms with Crippen molar-refractivity contribution in [1.82, 2.24) is 25.3 Å². The molecule has 0 aliphatic carbocycles. The van der Waals surface area contributed by atoms with Gasteiger partial charge < -0.3 is 10.1 Å². The van der Waals surface area contributed by atoms with E-state index >= 15 is 0 Å². The van der Waals surface area contributed by atoms with Gasteiger partial charge in [-0.15, -0.1) is 5.10 Å². The second-order valence-corrected chi connectivity index (χ2v) is 4.50. The second-order valence-electron chi connectivity index (χ2n) is 4.50. The van der Waals surface area contributed by atoms with E-state index in [2.05, 4.69) is 41.4 Å². The second kappa shape index (κ2) is 6.29. The third kappa shape index (κ3) is 3.75. The first-order valence-electron chi connectivity index (χ1n) is 6.44. The molecule has 0 radical (unpaired) electrons. The van der Waals surface area contributed by atoms with E-state index < -0.39 is 0 Å². The van der Waals surface area contributed by atoms with Crippen LogP contribution < -0.4 is 10.1 Å². The molecule has 6 heteroatoms. The quantitative estimate of drug-likeness (QED) is 0.863. The lowest BCUT2D eigenvalue weighted by Crippen LogP contribution is -2.13. The van der Waals surface area contributed by atoms with E-state index in [-0.39, 0.29) is 0 Å². The number of hydrogen-bond acceptors (Lipinski definition) is 5. The van der Waals surface area contributed by atoms with Gasteiger partial charge in [0.25, 0.3) is 0 Å². The molecule has 0 atom stereocenters. The average Bonchev–Trinajstić information content (AvgIpc) is 2.87. The van der Waals surface area contributed by atoms with Crippen LogP contribution in [0.4, 0.5) is 0 Å². The largest absolute Gasteiger partial charge is 0.434 e. The molecule has 0 bridgehead atoms. The van der Waals surface area contributed by atoms with Crippen molar-refractivity contribution in [2.45, 2.75) is 33.4 Å². The van der Waals surface area contributed by atoms with E-state index in [9.17, 15) is 0 Å². The zero-order valence-electron chi connectivity index (χ0n) is 11.5. The van der Waals surface area contributed by atoms with Gasteiger partial charge in [-0.1, -0.05) is 6.92 Å². The molecule has 0 aliphatic rings. The summed E-state index contributed by atoms with van der Waals surface area (Å²) < 4.78 is 7.43. The molecule has 102 valence electrons. The highest BCUT2D eigenvalue weighted by Crippen LogP contribution is 2.19. The van der Waals surface area contributed by atoms with Gasteiger partial charge in [-0.05, 0) is 26.5 Å². The van der Waals surface area contributed by atoms with Crippen molar-refractivity contribution >= 4 is 0 Å². The molecule has 2 aromatic rings. The molecule has 2 aromatic heterocycles. The highest BCUT2D eigenvalue weighted by atomic mass is 16.5. The SMILES string of the molecule is CCNCc1ccc(Oc2cnn(C(C)C)c2)nn1. The predicted octanol–water partition coefficient (Wildman–Crippen LogP) is 2.16. The van der Waals surface area contributed by atoms with E-state index in [4.69, 9.17) is 4.74 Å². The molecule has 0 spiro atoms. The Balaban J connectivity index is 1.98. The van der Waals surface area contributed by atoms with E-state index in [1.165, 1.54) is 0 Å². The number of ether oxygens (including phenoxy) is 1. The highest BCUT2D eigenvalue weighted by molar-refractivity contribution is 5.21. The van der Waals surface area contributed by atoms with Crippen molar-refractivity contribution in [3.63, 3.8) is 0 Å². The minimum atomic E-state index is 0.311. The van der Waals surface area contributed by atoms with Gasteiger partial charge >= 0.3 is 0 Å². The minimum absolute atomic E-state index is 0.311. The zero-order chi connectivity index (χ0) is 13.7. The average molecular weight is 261 g/mol. The number of nitrogens with zero attached hydrogens (tertiary/aromatic N) is 4. The summed E-state index contributed by atoms with van der Waals surface area (Å²) >= 11 is 0. The van der Waals surface area contributed by atoms with Gasteiger partial charge in [0.2, 0.25) is 5.88 Å². The van der Waals surface area contributed by atoms with E-state index in [0.29, 0.717) is 17.7 Å². The van der Waals surface area contributed by atoms with Gasteiger partial charge in [0.15, 0.2) is 5.75 Å². The lowest BCUT2D eigenvalue weighted by molar-refractivity contribution is 0.450. The molecule has 0 amide bonds. The van der Waals surface area contributed by atoms with Crippen LogP contribution in [0.15, 0.2) is 24.5 Å². The zero-order valence-corrected chi connectivity index (χ0v) is 11.5. The lowest BCUT2D eigenvalue weighted by Gasteiger charge is -2.04. The van der Waals surface area contributed by atoms with Crippen LogP contribution in [0.2, 0.25) is 0 Å². The fraction of sp³-hybridized carbons (Fsp3) is 0.462. The normalized spacial score (nSPS) is 10.9. The van der Waals surface area contributed by atoms with Gasteiger partial charge in [-0.3, -0.25) is 4.68 Å². The van der Waals surface area contributed by atoms with E-state index in [1.54, 1.807) is 6.20 Å². The maximum Gasteiger partial charge on any atom is 0.239 e. The number of hydrogen-bond donors (Lipinski definition) is 1. The highest BCUT2D eigenvalue weighted by Gasteiger charge is 2.05. The van der Waals surface area contributed by atoms with E-state index in [1.807, 2.05) is 23.0 Å². The number of nitrogens with one attached hydrogen (secondary N) is 1. The summed E-state index contributed by atoms with van der Waals surface area (Å²) in [4.78, 5) is 0. The van der Waals surface area contributed by atoms with Crippen LogP contribution in [0, 0.1) is 0 Å². The molecule has 0 saturated heterocycles. The van der Waals surface area contributed by atoms with Crippen LogP contribution in [0.5, 0.6) is 11.6 Å². The molecule has 2 rings (SSSR count). The summed E-state index contributed by atoms with van der Waals surface area (Å²) in [5.41, 5.74) is 0.895. The fourth-order valence-corrected chi connectivity index (χ4v) is 1.53. The third-order valence-corrected chi connectivity index (χ3v) is 2.58. The lowest BCUT2D eigenvalue weighted by atomic mass is 10.4. The Kier molecular flexibility index (Phi) is 4.46. The van der Waals surface area contributed by atoms with Crippen LogP contribution in [-0.2, 0) is 6.54 Å². The smallest absolute Gasteiger partial charge is 0.239 e. The van der Waals surface area contributed by atoms with Gasteiger partial charge in [0, 0.05) is 18.7 Å². The first-order valence-corrected chi connectivity index (χ1v) is 6.44. The molecule has 0 fully saturated rings. The molecule has 0 saturated carbocycles. The summed E-state index contributed by atoms with van der Waals surface area (Å²) in [7, 11) is 0. The Hall–Kier alpha value is -1.95. The molecule has 0 aromatic carbocycles. The Bertz CT molecular complexity index is 506. The predicted molar refractivity (Wildman–Crippen MR) is 72.1 cm³/mol. The summed E-state index contributed by atoms with van der Waals surface area (Å²) in [5, 5.41) is 15.5. The van der Waals surface area contributed by atoms with Crippen molar-refractivity contribution in [2.75, 3.05) is 6.54 Å². The van der Waals surface area contributed by atoms with Crippen LogP contribution in [0.3, 0.4) is 0 Å². The van der Waals surface area contributed by atoms with Crippen LogP contribution in [0.1, 0.15) is 32.5 Å². The molecule has 0 aliphatic heterocycles. The molecule has 2 heterocycles. The Morgan fingerprint density at radius 3 is 2.74 bits per heavy atom. The Morgan fingerprint density at radius 1 is 1.32 bits per heavy atom. The molecule has 19 heavy (non-hydrogen) atoms. The standard InChI is InChI=1S/C13H19N5O/c1-4-14-7-11-5-6-13(17-16-11)19-12-8-15-18(9-12)10(2)3/h5-6,8-10,14H,4,7H2,1-3H3. The molecule has 6 nitrogen and oxygen atoms in total. The monoisotopic (exact) mass is 261 g/mol. The fourth-order valence-electron chi connectivity index (χ4n) is 1.53. The summed E-state index contributed by atoms with van der Waals surface area (Å²) in [6.07, 6.45) is 3.52. The van der Waals surface area contributed by atoms with Gasteiger partial charge in [-0.25, -0.2) is 0 Å². The molecule has 1 N–H and O–H groups in total. The van der Waals surface area contributed by atoms with Gasteiger partial charge in [0.05, 0.1) is 18.1 Å². The van der Waals surface area contributed by atoms with Crippen LogP contribution in [0.25, 0.3) is 0 Å². The maximum atomic E-state index is 5.59. The van der Waals surface area contributed by atoms with Gasteiger partial charge in [-0.2, -0.15) is 10.2 Å².